The Hall–Kier alpha value is -3.56. The molecule has 172 valence electrons. The fourth-order valence-corrected chi connectivity index (χ4v) is 3.66. The lowest BCUT2D eigenvalue weighted by Gasteiger charge is -2.15. The minimum Gasteiger partial charge on any atom is -0.256 e. The lowest BCUT2D eigenvalue weighted by Crippen LogP contribution is -2.21. The van der Waals surface area contributed by atoms with Crippen LogP contribution in [0, 0.1) is 0 Å². The first kappa shape index (κ1) is 22.6. The predicted octanol–water partition coefficient (Wildman–Crippen LogP) is 4.80. The topological polar surface area (TPSA) is 98.1 Å². The van der Waals surface area contributed by atoms with E-state index in [1.165, 1.54) is 4.68 Å². The van der Waals surface area contributed by atoms with E-state index in [2.05, 4.69) is 35.7 Å². The average molecular weight is 453 g/mol. The number of unbranched alkanes of at least 4 members (excludes halogenated alkanes) is 1. The molecule has 0 radical (unpaired) electrons. The Balaban J connectivity index is 1.61. The van der Waals surface area contributed by atoms with Crippen LogP contribution >= 0.6 is 0 Å². The first-order valence-electron chi connectivity index (χ1n) is 11.1. The number of aryl methyl sites for hydroxylation is 1. The maximum Gasteiger partial charge on any atom is 0.306 e. The van der Waals surface area contributed by atoms with Gasteiger partial charge in [-0.1, -0.05) is 50.6 Å². The molecule has 0 aliphatic heterocycles. The lowest BCUT2D eigenvalue weighted by atomic mass is 10.0. The number of aromatic amines is 1. The average Bonchev–Trinajstić information content (AvgIpc) is 3.49. The second-order valence-electron chi connectivity index (χ2n) is 7.90. The largest absolute Gasteiger partial charge is 0.306 e. The van der Waals surface area contributed by atoms with Gasteiger partial charge in [-0.05, 0) is 29.7 Å². The van der Waals surface area contributed by atoms with E-state index in [1.807, 2.05) is 43.3 Å². The van der Waals surface area contributed by atoms with Crippen molar-refractivity contribution in [3.05, 3.63) is 59.8 Å². The summed E-state index contributed by atoms with van der Waals surface area (Å²) in [4.78, 5) is 8.76. The fraction of sp³-hybridized carbons (Fsp3) is 0.391. The third-order valence-corrected chi connectivity index (χ3v) is 5.31. The van der Waals surface area contributed by atoms with Crippen molar-refractivity contribution in [2.75, 3.05) is 0 Å². The predicted molar refractivity (Wildman–Crippen MR) is 119 cm³/mol. The number of hydrogen-bond acceptors (Lipinski definition) is 6. The minimum atomic E-state index is -3.02. The van der Waals surface area contributed by atoms with E-state index < -0.39 is 5.92 Å². The number of hydrogen-bond donors (Lipinski definition) is 1. The Morgan fingerprint density at radius 3 is 2.52 bits per heavy atom. The summed E-state index contributed by atoms with van der Waals surface area (Å²) in [5.74, 6) is -2.37. The quantitative estimate of drug-likeness (QED) is 0.371. The molecule has 0 fully saturated rings. The number of nitrogens with one attached hydrogen (secondary N) is 1. The third kappa shape index (κ3) is 5.10. The summed E-state index contributed by atoms with van der Waals surface area (Å²) < 4.78 is 30.8. The van der Waals surface area contributed by atoms with Crippen LogP contribution in [0.25, 0.3) is 22.6 Å². The maximum atomic E-state index is 14.8. The van der Waals surface area contributed by atoms with Crippen molar-refractivity contribution >= 4 is 0 Å². The summed E-state index contributed by atoms with van der Waals surface area (Å²) in [6, 6.07) is 11.3. The van der Waals surface area contributed by atoms with Gasteiger partial charge in [0.1, 0.15) is 0 Å². The first-order valence-corrected chi connectivity index (χ1v) is 11.1. The van der Waals surface area contributed by atoms with E-state index in [1.54, 1.807) is 13.1 Å². The zero-order chi connectivity index (χ0) is 23.3. The second-order valence-corrected chi connectivity index (χ2v) is 7.90. The molecule has 33 heavy (non-hydrogen) atoms. The Morgan fingerprint density at radius 1 is 1.03 bits per heavy atom. The molecule has 0 amide bonds. The number of benzene rings is 1. The van der Waals surface area contributed by atoms with E-state index in [-0.39, 0.29) is 18.8 Å². The summed E-state index contributed by atoms with van der Waals surface area (Å²) in [5.41, 5.74) is 3.13. The Labute approximate surface area is 190 Å². The molecule has 0 spiro atoms. The maximum absolute atomic E-state index is 14.8. The van der Waals surface area contributed by atoms with Crippen molar-refractivity contribution in [2.45, 2.75) is 58.4 Å². The number of nitrogens with zero attached hydrogens (tertiary/aromatic N) is 7. The third-order valence-electron chi connectivity index (χ3n) is 5.31. The molecule has 1 N–H and O–H groups in total. The number of H-pyrrole nitrogens is 1. The van der Waals surface area contributed by atoms with Gasteiger partial charge in [0.05, 0.1) is 12.2 Å². The smallest absolute Gasteiger partial charge is 0.256 e. The normalized spacial score (nSPS) is 11.8. The summed E-state index contributed by atoms with van der Waals surface area (Å²) in [6.07, 6.45) is 4.17. The molecule has 0 saturated heterocycles. The number of pyridine rings is 1. The van der Waals surface area contributed by atoms with Crippen molar-refractivity contribution in [3.8, 4) is 22.6 Å². The van der Waals surface area contributed by atoms with Crippen LogP contribution in [0.3, 0.4) is 0 Å². The van der Waals surface area contributed by atoms with Crippen LogP contribution in [-0.2, 0) is 18.9 Å². The molecule has 4 aromatic rings. The van der Waals surface area contributed by atoms with E-state index >= 15 is 0 Å². The first-order chi connectivity index (χ1) is 16.0. The van der Waals surface area contributed by atoms with Crippen molar-refractivity contribution < 1.29 is 8.78 Å². The standard InChI is InChI=1S/C23H26F2N8/c1-3-5-10-20-27-22(23(24,25)13-4-2)33(30-20)15-16-11-12-19(26-14-16)17-8-6-7-9-18(17)21-28-31-32-29-21/h6-9,11-12,14H,3-5,10,13,15H2,1-2H3,(H,28,29,31,32). The Morgan fingerprint density at radius 2 is 1.85 bits per heavy atom. The molecule has 10 heteroatoms. The SMILES string of the molecule is CCCCc1nc(C(F)(F)CCC)n(Cc2ccc(-c3ccccc3-c3nn[nH]n3)nc2)n1. The Kier molecular flexibility index (Phi) is 6.81. The molecular weight excluding hydrogens is 426 g/mol. The fourth-order valence-electron chi connectivity index (χ4n) is 3.66. The van der Waals surface area contributed by atoms with Crippen LogP contribution in [0.2, 0.25) is 0 Å². The van der Waals surface area contributed by atoms with Crippen molar-refractivity contribution in [1.29, 1.82) is 0 Å². The van der Waals surface area contributed by atoms with Crippen LogP contribution in [0.5, 0.6) is 0 Å². The van der Waals surface area contributed by atoms with Gasteiger partial charge < -0.3 is 0 Å². The summed E-state index contributed by atoms with van der Waals surface area (Å²) in [7, 11) is 0. The summed E-state index contributed by atoms with van der Waals surface area (Å²) in [5, 5.41) is 18.6. The monoisotopic (exact) mass is 452 g/mol. The molecule has 4 rings (SSSR count). The molecule has 0 saturated carbocycles. The molecular formula is C23H26F2N8. The molecule has 0 unspecified atom stereocenters. The van der Waals surface area contributed by atoms with Gasteiger partial charge in [0.15, 0.2) is 11.6 Å². The van der Waals surface area contributed by atoms with Gasteiger partial charge in [-0.3, -0.25) is 4.98 Å². The van der Waals surface area contributed by atoms with Gasteiger partial charge in [-0.25, -0.2) is 9.67 Å². The van der Waals surface area contributed by atoms with Crippen molar-refractivity contribution in [1.82, 2.24) is 40.4 Å². The molecule has 0 atom stereocenters. The van der Waals surface area contributed by atoms with Gasteiger partial charge in [0.25, 0.3) is 0 Å². The highest BCUT2D eigenvalue weighted by Crippen LogP contribution is 2.32. The highest BCUT2D eigenvalue weighted by molar-refractivity contribution is 5.78. The molecule has 0 aliphatic carbocycles. The van der Waals surface area contributed by atoms with E-state index in [0.717, 1.165) is 35.2 Å². The molecule has 0 aliphatic rings. The van der Waals surface area contributed by atoms with E-state index in [9.17, 15) is 8.78 Å². The van der Waals surface area contributed by atoms with E-state index in [0.29, 0.717) is 24.5 Å². The highest BCUT2D eigenvalue weighted by Gasteiger charge is 2.37. The lowest BCUT2D eigenvalue weighted by molar-refractivity contribution is -0.0270. The van der Waals surface area contributed by atoms with Crippen LogP contribution in [0.4, 0.5) is 8.78 Å². The minimum absolute atomic E-state index is 0.174. The number of alkyl halides is 2. The number of aromatic nitrogens is 8. The highest BCUT2D eigenvalue weighted by atomic mass is 19.3. The Bertz CT molecular complexity index is 1170. The van der Waals surface area contributed by atoms with Crippen LogP contribution in [0.1, 0.15) is 56.7 Å². The van der Waals surface area contributed by atoms with Crippen LogP contribution in [0.15, 0.2) is 42.6 Å². The van der Waals surface area contributed by atoms with Gasteiger partial charge in [0.2, 0.25) is 5.82 Å². The van der Waals surface area contributed by atoms with Crippen molar-refractivity contribution in [2.24, 2.45) is 0 Å². The number of tetrazole rings is 1. The number of halogens is 2. The van der Waals surface area contributed by atoms with Gasteiger partial charge >= 0.3 is 5.92 Å². The van der Waals surface area contributed by atoms with Gasteiger partial charge in [0, 0.05) is 30.2 Å². The van der Waals surface area contributed by atoms with Crippen LogP contribution in [-0.4, -0.2) is 40.4 Å². The molecule has 3 heterocycles. The molecule has 1 aromatic carbocycles. The zero-order valence-electron chi connectivity index (χ0n) is 18.7. The second kappa shape index (κ2) is 9.93. The van der Waals surface area contributed by atoms with E-state index in [4.69, 9.17) is 0 Å². The number of rotatable bonds is 10. The van der Waals surface area contributed by atoms with Crippen LogP contribution < -0.4 is 0 Å². The van der Waals surface area contributed by atoms with Gasteiger partial charge in [-0.15, -0.1) is 10.2 Å². The summed E-state index contributed by atoms with van der Waals surface area (Å²) >= 11 is 0. The van der Waals surface area contributed by atoms with Gasteiger partial charge in [-0.2, -0.15) is 19.1 Å². The zero-order valence-corrected chi connectivity index (χ0v) is 18.7. The molecule has 0 bridgehead atoms. The summed E-state index contributed by atoms with van der Waals surface area (Å²) in [6.45, 7) is 3.96. The molecule has 8 nitrogen and oxygen atoms in total. The van der Waals surface area contributed by atoms with Crippen molar-refractivity contribution in [3.63, 3.8) is 0 Å². The molecule has 3 aromatic heterocycles.